The number of nitrogens with zero attached hydrogens (tertiary/aromatic N) is 3. The first-order valence-electron chi connectivity index (χ1n) is 7.78. The zero-order valence-electron chi connectivity index (χ0n) is 13.9. The van der Waals surface area contributed by atoms with Gasteiger partial charge in [0.25, 0.3) is 11.6 Å². The van der Waals surface area contributed by atoms with Crippen molar-refractivity contribution in [3.05, 3.63) is 69.8 Å². The van der Waals surface area contributed by atoms with Gasteiger partial charge in [-0.05, 0) is 24.3 Å². The maximum absolute atomic E-state index is 13.2. The summed E-state index contributed by atoms with van der Waals surface area (Å²) in [6, 6.07) is 9.16. The number of rotatable bonds is 3. The lowest BCUT2D eigenvalue weighted by atomic mass is 9.96. The minimum Gasteiger partial charge on any atom is -0.507 e. The second-order valence-corrected chi connectivity index (χ2v) is 5.98. The Balaban J connectivity index is 2.09. The van der Waals surface area contributed by atoms with E-state index in [1.54, 1.807) is 0 Å². The third-order valence-corrected chi connectivity index (χ3v) is 4.18. The van der Waals surface area contributed by atoms with E-state index in [0.29, 0.717) is 0 Å². The van der Waals surface area contributed by atoms with Crippen LogP contribution in [0.5, 0.6) is 5.75 Å². The van der Waals surface area contributed by atoms with E-state index in [1.807, 2.05) is 0 Å². The third-order valence-electron chi connectivity index (χ3n) is 4.18. The van der Waals surface area contributed by atoms with Crippen LogP contribution < -0.4 is 0 Å². The number of phenolic OH excluding ortho intramolecular Hbond substituents is 1. The number of amides is 1. The van der Waals surface area contributed by atoms with Gasteiger partial charge in [0.2, 0.25) is 0 Å². The Kier molecular flexibility index (Phi) is 4.55. The lowest BCUT2D eigenvalue weighted by molar-refractivity contribution is -0.384. The summed E-state index contributed by atoms with van der Waals surface area (Å²) in [6.45, 7) is 0. The van der Waals surface area contributed by atoms with E-state index in [0.717, 1.165) is 36.4 Å². The fourth-order valence-electron chi connectivity index (χ4n) is 2.76. The number of aromatic hydroxyl groups is 1. The number of hydrogen-bond acceptors (Lipinski definition) is 6. The molecule has 11 heteroatoms. The molecule has 1 atom stereocenters. The highest BCUT2D eigenvalue weighted by molar-refractivity contribution is 6.01. The normalized spacial score (nSPS) is 19.4. The number of carbonyl (C=O) groups is 1. The van der Waals surface area contributed by atoms with Crippen LogP contribution in [0.4, 0.5) is 18.9 Å². The summed E-state index contributed by atoms with van der Waals surface area (Å²) in [5.74, 6) is -1.67. The van der Waals surface area contributed by atoms with Crippen LogP contribution in [0.2, 0.25) is 0 Å². The van der Waals surface area contributed by atoms with Gasteiger partial charge in [0.05, 0.1) is 16.9 Å². The van der Waals surface area contributed by atoms with Gasteiger partial charge in [-0.2, -0.15) is 23.3 Å². The average molecular weight is 395 g/mol. The van der Waals surface area contributed by atoms with Crippen molar-refractivity contribution in [2.45, 2.75) is 18.3 Å². The number of nitro groups is 1. The minimum atomic E-state index is -4.91. The molecule has 0 unspecified atom stereocenters. The van der Waals surface area contributed by atoms with Crippen LogP contribution in [0.1, 0.15) is 22.3 Å². The van der Waals surface area contributed by atoms with E-state index in [9.17, 15) is 38.3 Å². The fraction of sp³-hybridized carbons (Fsp3) is 0.176. The third kappa shape index (κ3) is 3.27. The second kappa shape index (κ2) is 6.60. The number of nitro benzene ring substituents is 1. The summed E-state index contributed by atoms with van der Waals surface area (Å²) in [6.07, 6.45) is -5.99. The molecule has 2 aromatic carbocycles. The Morgan fingerprint density at radius 2 is 1.79 bits per heavy atom. The number of alkyl halides is 3. The lowest BCUT2D eigenvalue weighted by Gasteiger charge is -2.31. The molecular formula is C17H12F3N3O5. The highest BCUT2D eigenvalue weighted by Gasteiger charge is 2.53. The molecule has 0 spiro atoms. The molecule has 1 amide bonds. The molecule has 0 fully saturated rings. The summed E-state index contributed by atoms with van der Waals surface area (Å²) >= 11 is 0. The average Bonchev–Trinajstić information content (AvgIpc) is 3.01. The van der Waals surface area contributed by atoms with Crippen molar-refractivity contribution in [1.29, 1.82) is 0 Å². The molecule has 2 N–H and O–H groups in total. The number of hydrogen-bond donors (Lipinski definition) is 2. The molecule has 0 aliphatic carbocycles. The molecule has 2 aromatic rings. The van der Waals surface area contributed by atoms with Gasteiger partial charge >= 0.3 is 6.18 Å². The zero-order chi connectivity index (χ0) is 20.7. The first-order chi connectivity index (χ1) is 13.0. The van der Waals surface area contributed by atoms with Crippen LogP contribution in [0.3, 0.4) is 0 Å². The molecule has 0 aromatic heterocycles. The molecule has 1 heterocycles. The molecule has 0 bridgehead atoms. The van der Waals surface area contributed by atoms with Crippen LogP contribution >= 0.6 is 0 Å². The largest absolute Gasteiger partial charge is 0.507 e. The van der Waals surface area contributed by atoms with Crippen LogP contribution in [0.15, 0.2) is 53.6 Å². The zero-order valence-corrected chi connectivity index (χ0v) is 13.9. The molecule has 8 nitrogen and oxygen atoms in total. The molecule has 3 rings (SSSR count). The molecule has 1 aliphatic rings. The van der Waals surface area contributed by atoms with Crippen molar-refractivity contribution in [2.24, 2.45) is 5.10 Å². The van der Waals surface area contributed by atoms with Crippen molar-refractivity contribution >= 4 is 17.3 Å². The number of carbonyl (C=O) groups excluding carboxylic acids is 1. The van der Waals surface area contributed by atoms with Crippen molar-refractivity contribution in [3.63, 3.8) is 0 Å². The summed E-state index contributed by atoms with van der Waals surface area (Å²) in [5, 5.41) is 35.0. The Hall–Kier alpha value is -3.47. The number of benzene rings is 2. The van der Waals surface area contributed by atoms with Crippen molar-refractivity contribution < 1.29 is 33.1 Å². The Bertz CT molecular complexity index is 975. The van der Waals surface area contributed by atoms with E-state index in [2.05, 4.69) is 5.10 Å². The van der Waals surface area contributed by atoms with Crippen LogP contribution in [-0.4, -0.2) is 37.9 Å². The quantitative estimate of drug-likeness (QED) is 0.612. The summed E-state index contributed by atoms with van der Waals surface area (Å²) in [5.41, 5.74) is -4.86. The van der Waals surface area contributed by atoms with E-state index in [-0.39, 0.29) is 21.8 Å². The first kappa shape index (κ1) is 19.3. The maximum atomic E-state index is 13.2. The van der Waals surface area contributed by atoms with Gasteiger partial charge in [0, 0.05) is 17.7 Å². The van der Waals surface area contributed by atoms with E-state index >= 15 is 0 Å². The van der Waals surface area contributed by atoms with Gasteiger partial charge in [0.15, 0.2) is 5.72 Å². The number of halogens is 3. The standard InChI is InChI=1S/C17H12F3N3O5/c18-17(19,20)14-9-16(26,10-5-7-11(8-6-10)23(27)28)22(21-14)15(25)12-3-1-2-4-13(12)24/h1-8,24,26H,9H2/t16-/m0/s1. The highest BCUT2D eigenvalue weighted by Crippen LogP contribution is 2.41. The number of phenols is 1. The van der Waals surface area contributed by atoms with E-state index < -0.39 is 40.6 Å². The minimum absolute atomic E-state index is 0.204. The smallest absolute Gasteiger partial charge is 0.431 e. The number of non-ortho nitro benzene ring substituents is 1. The number of aliphatic hydroxyl groups is 1. The predicted molar refractivity (Wildman–Crippen MR) is 89.4 cm³/mol. The Morgan fingerprint density at radius 3 is 2.32 bits per heavy atom. The first-order valence-corrected chi connectivity index (χ1v) is 7.78. The van der Waals surface area contributed by atoms with Gasteiger partial charge in [-0.25, -0.2) is 0 Å². The highest BCUT2D eigenvalue weighted by atomic mass is 19.4. The Labute approximate surface area is 155 Å². The monoisotopic (exact) mass is 395 g/mol. The molecule has 1 aliphatic heterocycles. The predicted octanol–water partition coefficient (Wildman–Crippen LogP) is 2.91. The fourth-order valence-corrected chi connectivity index (χ4v) is 2.76. The van der Waals surface area contributed by atoms with Gasteiger partial charge in [-0.3, -0.25) is 14.9 Å². The van der Waals surface area contributed by atoms with Gasteiger partial charge in [0.1, 0.15) is 11.5 Å². The van der Waals surface area contributed by atoms with Crippen LogP contribution in [0.25, 0.3) is 0 Å². The van der Waals surface area contributed by atoms with Crippen molar-refractivity contribution in [1.82, 2.24) is 5.01 Å². The summed E-state index contributed by atoms with van der Waals surface area (Å²) in [7, 11) is 0. The molecule has 0 saturated carbocycles. The van der Waals surface area contributed by atoms with Crippen LogP contribution in [0, 0.1) is 10.1 Å². The summed E-state index contributed by atoms with van der Waals surface area (Å²) in [4.78, 5) is 22.8. The van der Waals surface area contributed by atoms with Gasteiger partial charge < -0.3 is 10.2 Å². The second-order valence-electron chi connectivity index (χ2n) is 5.98. The van der Waals surface area contributed by atoms with Gasteiger partial charge in [-0.1, -0.05) is 12.1 Å². The lowest BCUT2D eigenvalue weighted by Crippen LogP contribution is -2.43. The SMILES string of the molecule is O=C(c1ccccc1O)N1N=C(C(F)(F)F)C[C@]1(O)c1ccc([N+](=O)[O-])cc1. The maximum Gasteiger partial charge on any atom is 0.431 e. The Morgan fingerprint density at radius 1 is 1.18 bits per heavy atom. The number of hydrazone groups is 1. The summed E-state index contributed by atoms with van der Waals surface area (Å²) < 4.78 is 39.6. The van der Waals surface area contributed by atoms with E-state index in [4.69, 9.17) is 0 Å². The van der Waals surface area contributed by atoms with Crippen molar-refractivity contribution in [2.75, 3.05) is 0 Å². The molecule has 0 saturated heterocycles. The van der Waals surface area contributed by atoms with Crippen molar-refractivity contribution in [3.8, 4) is 5.75 Å². The van der Waals surface area contributed by atoms with Crippen LogP contribution in [-0.2, 0) is 5.72 Å². The molecule has 146 valence electrons. The molecule has 28 heavy (non-hydrogen) atoms. The molecule has 0 radical (unpaired) electrons. The van der Waals surface area contributed by atoms with E-state index in [1.165, 1.54) is 12.1 Å². The molecular weight excluding hydrogens is 383 g/mol. The van der Waals surface area contributed by atoms with Gasteiger partial charge in [-0.15, -0.1) is 0 Å². The topological polar surface area (TPSA) is 116 Å². The number of para-hydroxylation sites is 1.